The molecule has 0 radical (unpaired) electrons. The Morgan fingerprint density at radius 3 is 2.56 bits per heavy atom. The summed E-state index contributed by atoms with van der Waals surface area (Å²) in [6.45, 7) is 2.15. The van der Waals surface area contributed by atoms with Crippen LogP contribution in [0.5, 0.6) is 0 Å². The number of pyridine rings is 1. The van der Waals surface area contributed by atoms with Gasteiger partial charge in [0, 0.05) is 25.3 Å². The molecule has 1 aliphatic carbocycles. The molecule has 1 fully saturated rings. The van der Waals surface area contributed by atoms with Gasteiger partial charge in [0.25, 0.3) is 0 Å². The molecule has 0 spiro atoms. The summed E-state index contributed by atoms with van der Waals surface area (Å²) in [5, 5.41) is 3.24. The van der Waals surface area contributed by atoms with Crippen molar-refractivity contribution in [1.82, 2.24) is 10.3 Å². The van der Waals surface area contributed by atoms with Gasteiger partial charge in [-0.15, -0.1) is 0 Å². The highest BCUT2D eigenvalue weighted by atomic mass is 15.2. The minimum absolute atomic E-state index is 0.367. The largest absolute Gasteiger partial charge is 0.357 e. The standard InChI is InChI=1S/C15H25N3/c1-12(16-2)13-9-10-15(17-11-13)18(3)14-7-5-4-6-8-14/h9-12,14,16H,4-8H2,1-3H3. The number of nitrogens with zero attached hydrogens (tertiary/aromatic N) is 2. The van der Waals surface area contributed by atoms with Crippen LogP contribution in [0.25, 0.3) is 0 Å². The van der Waals surface area contributed by atoms with Gasteiger partial charge in [0.2, 0.25) is 0 Å². The molecule has 1 heterocycles. The lowest BCUT2D eigenvalue weighted by Crippen LogP contribution is -2.33. The second kappa shape index (κ2) is 6.19. The van der Waals surface area contributed by atoms with E-state index in [4.69, 9.17) is 0 Å². The van der Waals surface area contributed by atoms with E-state index in [1.165, 1.54) is 37.7 Å². The van der Waals surface area contributed by atoms with Crippen LogP contribution in [-0.4, -0.2) is 25.1 Å². The smallest absolute Gasteiger partial charge is 0.128 e. The average molecular weight is 247 g/mol. The van der Waals surface area contributed by atoms with Crippen molar-refractivity contribution in [3.8, 4) is 0 Å². The Kier molecular flexibility index (Phi) is 4.59. The minimum atomic E-state index is 0.367. The highest BCUT2D eigenvalue weighted by molar-refractivity contribution is 5.40. The summed E-state index contributed by atoms with van der Waals surface area (Å²) in [5.74, 6) is 1.11. The maximum Gasteiger partial charge on any atom is 0.128 e. The Morgan fingerprint density at radius 2 is 2.00 bits per heavy atom. The first-order valence-electron chi connectivity index (χ1n) is 7.08. The van der Waals surface area contributed by atoms with E-state index < -0.39 is 0 Å². The third-order valence-electron chi connectivity index (χ3n) is 4.19. The summed E-state index contributed by atoms with van der Waals surface area (Å²) in [4.78, 5) is 6.96. The second-order valence-electron chi connectivity index (χ2n) is 5.36. The van der Waals surface area contributed by atoms with Gasteiger partial charge in [-0.25, -0.2) is 4.98 Å². The van der Waals surface area contributed by atoms with Gasteiger partial charge >= 0.3 is 0 Å². The van der Waals surface area contributed by atoms with Gasteiger partial charge in [-0.1, -0.05) is 25.3 Å². The second-order valence-corrected chi connectivity index (χ2v) is 5.36. The summed E-state index contributed by atoms with van der Waals surface area (Å²) < 4.78 is 0. The summed E-state index contributed by atoms with van der Waals surface area (Å²) in [6.07, 6.45) is 8.75. The maximum atomic E-state index is 4.61. The minimum Gasteiger partial charge on any atom is -0.357 e. The molecule has 1 atom stereocenters. The van der Waals surface area contributed by atoms with Gasteiger partial charge in [0.15, 0.2) is 0 Å². The molecule has 0 saturated heterocycles. The van der Waals surface area contributed by atoms with E-state index >= 15 is 0 Å². The summed E-state index contributed by atoms with van der Waals surface area (Å²) in [6, 6.07) is 5.38. The summed E-state index contributed by atoms with van der Waals surface area (Å²) >= 11 is 0. The molecule has 1 unspecified atom stereocenters. The van der Waals surface area contributed by atoms with Crippen LogP contribution in [0, 0.1) is 0 Å². The van der Waals surface area contributed by atoms with Gasteiger partial charge in [-0.05, 0) is 38.4 Å². The van der Waals surface area contributed by atoms with Crippen molar-refractivity contribution in [1.29, 1.82) is 0 Å². The Labute approximate surface area is 111 Å². The van der Waals surface area contributed by atoms with E-state index in [0.717, 1.165) is 5.82 Å². The molecule has 0 aromatic carbocycles. The van der Waals surface area contributed by atoms with E-state index in [1.807, 2.05) is 13.2 Å². The van der Waals surface area contributed by atoms with Crippen LogP contribution in [0.2, 0.25) is 0 Å². The fraction of sp³-hybridized carbons (Fsp3) is 0.667. The summed E-state index contributed by atoms with van der Waals surface area (Å²) in [5.41, 5.74) is 1.25. The molecule has 1 aromatic heterocycles. The van der Waals surface area contributed by atoms with E-state index in [2.05, 4.69) is 41.3 Å². The first-order valence-corrected chi connectivity index (χ1v) is 7.08. The number of aromatic nitrogens is 1. The van der Waals surface area contributed by atoms with Gasteiger partial charge in [-0.3, -0.25) is 0 Å². The number of anilines is 1. The van der Waals surface area contributed by atoms with Crippen molar-refractivity contribution < 1.29 is 0 Å². The SMILES string of the molecule is CNC(C)c1ccc(N(C)C2CCCCC2)nc1. The lowest BCUT2D eigenvalue weighted by molar-refractivity contribution is 0.426. The Balaban J connectivity index is 2.03. The van der Waals surface area contributed by atoms with Gasteiger partial charge in [0.05, 0.1) is 0 Å². The van der Waals surface area contributed by atoms with Crippen molar-refractivity contribution in [3.05, 3.63) is 23.9 Å². The third-order valence-corrected chi connectivity index (χ3v) is 4.19. The predicted octanol–water partition coefficient (Wildman–Crippen LogP) is 3.13. The van der Waals surface area contributed by atoms with Crippen molar-refractivity contribution in [2.45, 2.75) is 51.1 Å². The fourth-order valence-electron chi connectivity index (χ4n) is 2.68. The zero-order valence-corrected chi connectivity index (χ0v) is 11.8. The van der Waals surface area contributed by atoms with E-state index in [1.54, 1.807) is 0 Å². The van der Waals surface area contributed by atoms with Gasteiger partial charge in [0.1, 0.15) is 5.82 Å². The van der Waals surface area contributed by atoms with Crippen molar-refractivity contribution in [2.24, 2.45) is 0 Å². The molecule has 0 amide bonds. The lowest BCUT2D eigenvalue weighted by atomic mass is 9.94. The van der Waals surface area contributed by atoms with E-state index in [9.17, 15) is 0 Å². The van der Waals surface area contributed by atoms with E-state index in [-0.39, 0.29) is 0 Å². The topological polar surface area (TPSA) is 28.2 Å². The van der Waals surface area contributed by atoms with Crippen LogP contribution in [-0.2, 0) is 0 Å². The van der Waals surface area contributed by atoms with Crippen molar-refractivity contribution in [3.63, 3.8) is 0 Å². The van der Waals surface area contributed by atoms with Crippen LogP contribution in [0.4, 0.5) is 5.82 Å². The third kappa shape index (κ3) is 3.02. The highest BCUT2D eigenvalue weighted by Gasteiger charge is 2.19. The molecule has 2 rings (SSSR count). The number of hydrogen-bond acceptors (Lipinski definition) is 3. The molecule has 18 heavy (non-hydrogen) atoms. The zero-order valence-electron chi connectivity index (χ0n) is 11.8. The molecule has 3 heteroatoms. The van der Waals surface area contributed by atoms with E-state index in [0.29, 0.717) is 12.1 Å². The predicted molar refractivity (Wildman–Crippen MR) is 77.0 cm³/mol. The molecule has 1 N–H and O–H groups in total. The molecule has 1 saturated carbocycles. The van der Waals surface area contributed by atoms with Crippen LogP contribution < -0.4 is 10.2 Å². The lowest BCUT2D eigenvalue weighted by Gasteiger charge is -2.32. The maximum absolute atomic E-state index is 4.61. The first-order chi connectivity index (χ1) is 8.72. The normalized spacial score (nSPS) is 18.6. The first kappa shape index (κ1) is 13.3. The van der Waals surface area contributed by atoms with Gasteiger partial charge in [-0.2, -0.15) is 0 Å². The number of rotatable bonds is 4. The molecule has 100 valence electrons. The molecular formula is C15H25N3. The van der Waals surface area contributed by atoms with Crippen LogP contribution in [0.15, 0.2) is 18.3 Å². The fourth-order valence-corrected chi connectivity index (χ4v) is 2.68. The Morgan fingerprint density at radius 1 is 1.28 bits per heavy atom. The molecule has 1 aromatic rings. The van der Waals surface area contributed by atoms with Crippen LogP contribution in [0.3, 0.4) is 0 Å². The molecule has 0 aliphatic heterocycles. The van der Waals surface area contributed by atoms with Crippen LogP contribution >= 0.6 is 0 Å². The molecular weight excluding hydrogens is 222 g/mol. The quantitative estimate of drug-likeness (QED) is 0.886. The zero-order chi connectivity index (χ0) is 13.0. The Hall–Kier alpha value is -1.09. The average Bonchev–Trinajstić information content (AvgIpc) is 2.47. The highest BCUT2D eigenvalue weighted by Crippen LogP contribution is 2.25. The van der Waals surface area contributed by atoms with Gasteiger partial charge < -0.3 is 10.2 Å². The number of nitrogens with one attached hydrogen (secondary N) is 1. The van der Waals surface area contributed by atoms with Crippen LogP contribution in [0.1, 0.15) is 50.6 Å². The monoisotopic (exact) mass is 247 g/mol. The number of hydrogen-bond donors (Lipinski definition) is 1. The molecule has 1 aliphatic rings. The Bertz CT molecular complexity index is 355. The molecule has 0 bridgehead atoms. The molecule has 3 nitrogen and oxygen atoms in total. The van der Waals surface area contributed by atoms with Crippen molar-refractivity contribution in [2.75, 3.05) is 19.0 Å². The summed E-state index contributed by atoms with van der Waals surface area (Å²) in [7, 11) is 4.16. The van der Waals surface area contributed by atoms with Crippen molar-refractivity contribution >= 4 is 5.82 Å².